The molecule has 5 nitrogen and oxygen atoms in total. The number of carbonyl (C=O) groups is 1. The minimum atomic E-state index is 0.0893. The maximum atomic E-state index is 12.8. The maximum Gasteiger partial charge on any atom is 0.243 e. The van der Waals surface area contributed by atoms with Crippen molar-refractivity contribution in [3.8, 4) is 11.5 Å². The summed E-state index contributed by atoms with van der Waals surface area (Å²) in [6.45, 7) is 0.532. The third-order valence-electron chi connectivity index (χ3n) is 5.32. The largest absolute Gasteiger partial charge is 0.497 e. The fourth-order valence-electron chi connectivity index (χ4n) is 3.64. The number of carbonyl (C=O) groups excluding carboxylic acids is 1. The topological polar surface area (TPSA) is 51.1 Å². The Morgan fingerprint density at radius 2 is 1.89 bits per heavy atom. The van der Waals surface area contributed by atoms with Gasteiger partial charge in [0.15, 0.2) is 0 Å². The number of hydrogen-bond acceptors (Lipinski definition) is 4. The average molecular weight is 378 g/mol. The van der Waals surface area contributed by atoms with Gasteiger partial charge in [-0.2, -0.15) is 5.10 Å². The predicted octanol–water partition coefficient (Wildman–Crippen LogP) is 4.27. The number of hydrazone groups is 1. The molecule has 2 aliphatic rings. The lowest BCUT2D eigenvalue weighted by Gasteiger charge is -2.21. The molecule has 146 valence electrons. The molecule has 2 aromatic rings. The average Bonchev–Trinajstić information content (AvgIpc) is 3.49. The number of hydrogen-bond donors (Lipinski definition) is 0. The van der Waals surface area contributed by atoms with E-state index in [1.54, 1.807) is 12.1 Å². The fourth-order valence-corrected chi connectivity index (χ4v) is 3.64. The summed E-state index contributed by atoms with van der Waals surface area (Å²) >= 11 is 0. The van der Waals surface area contributed by atoms with E-state index in [9.17, 15) is 4.79 Å². The number of amides is 1. The van der Waals surface area contributed by atoms with Gasteiger partial charge in [-0.3, -0.25) is 4.79 Å². The van der Waals surface area contributed by atoms with Crippen molar-refractivity contribution in [1.82, 2.24) is 5.01 Å². The minimum Gasteiger partial charge on any atom is -0.497 e. The molecule has 1 aliphatic heterocycles. The van der Waals surface area contributed by atoms with Gasteiger partial charge in [-0.05, 0) is 49.4 Å². The van der Waals surface area contributed by atoms with E-state index in [1.165, 1.54) is 12.8 Å². The van der Waals surface area contributed by atoms with Gasteiger partial charge in [-0.15, -0.1) is 0 Å². The van der Waals surface area contributed by atoms with E-state index in [1.807, 2.05) is 54.6 Å². The van der Waals surface area contributed by atoms with Crippen LogP contribution in [0.4, 0.5) is 0 Å². The zero-order valence-electron chi connectivity index (χ0n) is 16.2. The second-order valence-corrected chi connectivity index (χ2v) is 7.39. The van der Waals surface area contributed by atoms with Crippen LogP contribution < -0.4 is 9.47 Å². The second-order valence-electron chi connectivity index (χ2n) is 7.39. The number of para-hydroxylation sites is 1. The van der Waals surface area contributed by atoms with Crippen LogP contribution in [-0.2, 0) is 4.79 Å². The Morgan fingerprint density at radius 1 is 1.11 bits per heavy atom. The molecule has 1 saturated carbocycles. The monoisotopic (exact) mass is 378 g/mol. The molecule has 4 rings (SSSR count). The number of benzene rings is 2. The van der Waals surface area contributed by atoms with Gasteiger partial charge in [0.05, 0.1) is 25.5 Å². The molecule has 5 heteroatoms. The third-order valence-corrected chi connectivity index (χ3v) is 5.32. The van der Waals surface area contributed by atoms with Crippen LogP contribution in [0.1, 0.15) is 37.7 Å². The molecule has 1 atom stereocenters. The van der Waals surface area contributed by atoms with E-state index in [4.69, 9.17) is 14.6 Å². The van der Waals surface area contributed by atoms with Crippen LogP contribution in [0.3, 0.4) is 0 Å². The lowest BCUT2D eigenvalue weighted by Crippen LogP contribution is -2.34. The first kappa shape index (κ1) is 18.5. The molecule has 0 radical (unpaired) electrons. The molecule has 0 spiro atoms. The molecule has 0 aromatic heterocycles. The van der Waals surface area contributed by atoms with Crippen LogP contribution in [0.5, 0.6) is 11.5 Å². The highest BCUT2D eigenvalue weighted by Gasteiger charge is 2.41. The number of methoxy groups -OCH3 is 1. The molecule has 1 heterocycles. The maximum absolute atomic E-state index is 12.8. The Balaban J connectivity index is 1.37. The summed E-state index contributed by atoms with van der Waals surface area (Å²) in [7, 11) is 1.66. The number of ether oxygens (including phenoxy) is 2. The highest BCUT2D eigenvalue weighted by Crippen LogP contribution is 2.40. The van der Waals surface area contributed by atoms with E-state index in [-0.39, 0.29) is 11.9 Å². The van der Waals surface area contributed by atoms with Gasteiger partial charge in [-0.25, -0.2) is 5.01 Å². The summed E-state index contributed by atoms with van der Waals surface area (Å²) in [5, 5.41) is 6.46. The molecule has 0 N–H and O–H groups in total. The van der Waals surface area contributed by atoms with Gasteiger partial charge < -0.3 is 9.47 Å². The molecular weight excluding hydrogens is 352 g/mol. The van der Waals surface area contributed by atoms with Gasteiger partial charge in [0.1, 0.15) is 11.5 Å². The van der Waals surface area contributed by atoms with Crippen LogP contribution >= 0.6 is 0 Å². The molecule has 1 aliphatic carbocycles. The molecule has 0 bridgehead atoms. The predicted molar refractivity (Wildman–Crippen MR) is 109 cm³/mol. The number of rotatable bonds is 8. The highest BCUT2D eigenvalue weighted by molar-refractivity contribution is 6.03. The summed E-state index contributed by atoms with van der Waals surface area (Å²) in [6.07, 6.45) is 4.33. The molecule has 28 heavy (non-hydrogen) atoms. The smallest absolute Gasteiger partial charge is 0.243 e. The van der Waals surface area contributed by atoms with Crippen LogP contribution in [0.2, 0.25) is 0 Å². The SMILES string of the molecule is COc1cccc(C2=NN(C(=O)CCCOc3ccccc3)C(C3CC3)C2)c1. The van der Waals surface area contributed by atoms with Crippen LogP contribution in [0, 0.1) is 5.92 Å². The van der Waals surface area contributed by atoms with E-state index < -0.39 is 0 Å². The number of nitrogens with zero attached hydrogens (tertiary/aromatic N) is 2. The Bertz CT molecular complexity index is 846. The summed E-state index contributed by atoms with van der Waals surface area (Å²) in [5.74, 6) is 2.32. The van der Waals surface area contributed by atoms with E-state index in [0.29, 0.717) is 25.4 Å². The summed E-state index contributed by atoms with van der Waals surface area (Å²) < 4.78 is 11.0. The molecule has 1 amide bonds. The molecule has 1 unspecified atom stereocenters. The molecule has 2 aromatic carbocycles. The normalized spacial score (nSPS) is 18.7. The van der Waals surface area contributed by atoms with Crippen molar-refractivity contribution < 1.29 is 14.3 Å². The standard InChI is InChI=1S/C23H26N2O3/c1-27-20-10-5-7-18(15-20)21-16-22(17-12-13-17)25(24-21)23(26)11-6-14-28-19-8-3-2-4-9-19/h2-5,7-10,15,17,22H,6,11-14,16H2,1H3. The van der Waals surface area contributed by atoms with Gasteiger partial charge in [0.2, 0.25) is 5.91 Å². The fraction of sp³-hybridized carbons (Fsp3) is 0.391. The van der Waals surface area contributed by atoms with Crippen molar-refractivity contribution in [2.45, 2.75) is 38.1 Å². The van der Waals surface area contributed by atoms with Crippen molar-refractivity contribution in [3.63, 3.8) is 0 Å². The zero-order chi connectivity index (χ0) is 19.3. The first-order valence-corrected chi connectivity index (χ1v) is 9.96. The van der Waals surface area contributed by atoms with Crippen molar-refractivity contribution >= 4 is 11.6 Å². The van der Waals surface area contributed by atoms with E-state index in [0.717, 1.165) is 29.2 Å². The van der Waals surface area contributed by atoms with Gasteiger partial charge >= 0.3 is 0 Å². The van der Waals surface area contributed by atoms with Crippen molar-refractivity contribution in [1.29, 1.82) is 0 Å². The van der Waals surface area contributed by atoms with Gasteiger partial charge in [0.25, 0.3) is 0 Å². The van der Waals surface area contributed by atoms with Crippen LogP contribution in [0.25, 0.3) is 0 Å². The third kappa shape index (κ3) is 4.35. The first-order chi connectivity index (χ1) is 13.7. The first-order valence-electron chi connectivity index (χ1n) is 9.96. The second kappa shape index (κ2) is 8.46. The van der Waals surface area contributed by atoms with Crippen molar-refractivity contribution in [2.75, 3.05) is 13.7 Å². The van der Waals surface area contributed by atoms with E-state index in [2.05, 4.69) is 0 Å². The Morgan fingerprint density at radius 3 is 2.64 bits per heavy atom. The summed E-state index contributed by atoms with van der Waals surface area (Å²) in [6, 6.07) is 17.8. The molecular formula is C23H26N2O3. The minimum absolute atomic E-state index is 0.0893. The quantitative estimate of drug-likeness (QED) is 0.645. The van der Waals surface area contributed by atoms with Crippen molar-refractivity contribution in [2.24, 2.45) is 11.0 Å². The molecule has 1 fully saturated rings. The zero-order valence-corrected chi connectivity index (χ0v) is 16.2. The summed E-state index contributed by atoms with van der Waals surface area (Å²) in [5.41, 5.74) is 2.01. The van der Waals surface area contributed by atoms with Crippen LogP contribution in [0.15, 0.2) is 59.7 Å². The van der Waals surface area contributed by atoms with Gasteiger partial charge in [-0.1, -0.05) is 30.3 Å². The Kier molecular flexibility index (Phi) is 5.60. The van der Waals surface area contributed by atoms with Gasteiger partial charge in [0, 0.05) is 18.4 Å². The lowest BCUT2D eigenvalue weighted by molar-refractivity contribution is -0.133. The van der Waals surface area contributed by atoms with Crippen molar-refractivity contribution in [3.05, 3.63) is 60.2 Å². The summed E-state index contributed by atoms with van der Waals surface area (Å²) in [4.78, 5) is 12.8. The Labute approximate surface area is 166 Å². The molecule has 0 saturated heterocycles. The highest BCUT2D eigenvalue weighted by atomic mass is 16.5. The van der Waals surface area contributed by atoms with Crippen LogP contribution in [-0.4, -0.2) is 36.4 Å². The lowest BCUT2D eigenvalue weighted by atomic mass is 10.0. The van der Waals surface area contributed by atoms with E-state index >= 15 is 0 Å². The Hall–Kier alpha value is -2.82.